The van der Waals surface area contributed by atoms with Crippen LogP contribution in [0.1, 0.15) is 18.7 Å². The fourth-order valence-corrected chi connectivity index (χ4v) is 1.64. The average molecular weight is 232 g/mol. The topological polar surface area (TPSA) is 47.2 Å². The minimum Gasteiger partial charge on any atom is -0.468 e. The van der Waals surface area contributed by atoms with E-state index in [4.69, 9.17) is 4.42 Å². The van der Waals surface area contributed by atoms with E-state index < -0.39 is 0 Å². The lowest BCUT2D eigenvalue weighted by atomic mass is 10.2. The molecule has 1 unspecified atom stereocenters. The Morgan fingerprint density at radius 3 is 2.76 bits per heavy atom. The summed E-state index contributed by atoms with van der Waals surface area (Å²) in [6.45, 7) is 3.71. The fourth-order valence-electron chi connectivity index (χ4n) is 1.64. The highest BCUT2D eigenvalue weighted by Gasteiger charge is 2.05. The number of rotatable bonds is 5. The Kier molecular flexibility index (Phi) is 3.77. The predicted molar refractivity (Wildman–Crippen MR) is 65.8 cm³/mol. The van der Waals surface area contributed by atoms with Crippen molar-refractivity contribution in [2.75, 3.05) is 6.54 Å². The molecule has 2 aromatic heterocycles. The highest BCUT2D eigenvalue weighted by molar-refractivity contribution is 5.02. The number of nitrogens with zero attached hydrogens (tertiary/aromatic N) is 1. The molecule has 0 aliphatic heterocycles. The molecule has 0 aliphatic rings. The van der Waals surface area contributed by atoms with E-state index in [-0.39, 0.29) is 11.5 Å². The van der Waals surface area contributed by atoms with Gasteiger partial charge in [-0.1, -0.05) is 0 Å². The summed E-state index contributed by atoms with van der Waals surface area (Å²) in [6.07, 6.45) is 5.26. The highest BCUT2D eigenvalue weighted by Crippen LogP contribution is 2.11. The third kappa shape index (κ3) is 3.32. The first-order valence-corrected chi connectivity index (χ1v) is 5.68. The molecule has 0 fully saturated rings. The highest BCUT2D eigenvalue weighted by atomic mass is 16.3. The van der Waals surface area contributed by atoms with Gasteiger partial charge >= 0.3 is 0 Å². The van der Waals surface area contributed by atoms with Crippen molar-refractivity contribution >= 4 is 0 Å². The van der Waals surface area contributed by atoms with Crippen LogP contribution >= 0.6 is 0 Å². The molecule has 4 nitrogen and oxygen atoms in total. The van der Waals surface area contributed by atoms with Crippen LogP contribution < -0.4 is 10.7 Å². The van der Waals surface area contributed by atoms with Crippen LogP contribution in [-0.4, -0.2) is 11.1 Å². The van der Waals surface area contributed by atoms with Gasteiger partial charge in [0.1, 0.15) is 5.76 Å². The Morgan fingerprint density at radius 1 is 1.35 bits per heavy atom. The van der Waals surface area contributed by atoms with Gasteiger partial charge in [0, 0.05) is 37.6 Å². The van der Waals surface area contributed by atoms with E-state index in [9.17, 15) is 4.79 Å². The molecule has 0 spiro atoms. The Bertz CT molecular complexity index is 482. The van der Waals surface area contributed by atoms with Crippen molar-refractivity contribution < 1.29 is 4.42 Å². The van der Waals surface area contributed by atoms with Gasteiger partial charge in [-0.25, -0.2) is 0 Å². The van der Waals surface area contributed by atoms with Crippen molar-refractivity contribution in [3.63, 3.8) is 0 Å². The van der Waals surface area contributed by atoms with Gasteiger partial charge in [-0.2, -0.15) is 0 Å². The quantitative estimate of drug-likeness (QED) is 0.855. The molecular formula is C13H16N2O2. The first-order valence-electron chi connectivity index (χ1n) is 5.68. The average Bonchev–Trinajstić information content (AvgIpc) is 2.85. The second-order valence-electron chi connectivity index (χ2n) is 3.96. The standard InChI is InChI=1S/C13H16N2O2/c1-11(13-3-2-10-17-13)14-6-9-15-7-4-12(16)5-8-15/h2-5,7-8,10-11,14H,6,9H2,1H3. The third-order valence-electron chi connectivity index (χ3n) is 2.65. The zero-order valence-corrected chi connectivity index (χ0v) is 9.80. The maximum Gasteiger partial charge on any atom is 0.181 e. The summed E-state index contributed by atoms with van der Waals surface area (Å²) >= 11 is 0. The SMILES string of the molecule is CC(NCCn1ccc(=O)cc1)c1ccco1. The minimum atomic E-state index is 0.0400. The Hall–Kier alpha value is -1.81. The number of aromatic nitrogens is 1. The lowest BCUT2D eigenvalue weighted by Crippen LogP contribution is -2.23. The molecular weight excluding hydrogens is 216 g/mol. The number of pyridine rings is 1. The molecule has 2 rings (SSSR count). The molecule has 0 bridgehead atoms. The summed E-state index contributed by atoms with van der Waals surface area (Å²) in [5.41, 5.74) is 0.0400. The maximum absolute atomic E-state index is 10.9. The summed E-state index contributed by atoms with van der Waals surface area (Å²) in [5.74, 6) is 0.935. The molecule has 0 amide bonds. The second-order valence-corrected chi connectivity index (χ2v) is 3.96. The normalized spacial score (nSPS) is 12.5. The molecule has 1 N–H and O–H groups in total. The molecule has 0 radical (unpaired) electrons. The largest absolute Gasteiger partial charge is 0.468 e. The summed E-state index contributed by atoms with van der Waals surface area (Å²) in [6, 6.07) is 7.17. The van der Waals surface area contributed by atoms with Crippen LogP contribution in [-0.2, 0) is 6.54 Å². The van der Waals surface area contributed by atoms with Crippen LogP contribution in [0.5, 0.6) is 0 Å². The van der Waals surface area contributed by atoms with Crippen molar-refractivity contribution in [3.05, 3.63) is 58.9 Å². The zero-order valence-electron chi connectivity index (χ0n) is 9.80. The third-order valence-corrected chi connectivity index (χ3v) is 2.65. The lowest BCUT2D eigenvalue weighted by Gasteiger charge is -2.12. The summed E-state index contributed by atoms with van der Waals surface area (Å²) in [5, 5.41) is 3.36. The van der Waals surface area contributed by atoms with E-state index in [1.54, 1.807) is 30.8 Å². The van der Waals surface area contributed by atoms with Gasteiger partial charge in [0.05, 0.1) is 12.3 Å². The molecule has 4 heteroatoms. The first kappa shape index (κ1) is 11.7. The van der Waals surface area contributed by atoms with Gasteiger partial charge in [0.2, 0.25) is 0 Å². The summed E-state index contributed by atoms with van der Waals surface area (Å²) < 4.78 is 7.28. The monoisotopic (exact) mass is 232 g/mol. The smallest absolute Gasteiger partial charge is 0.181 e. The van der Waals surface area contributed by atoms with Crippen molar-refractivity contribution in [3.8, 4) is 0 Å². The van der Waals surface area contributed by atoms with Gasteiger partial charge in [-0.15, -0.1) is 0 Å². The van der Waals surface area contributed by atoms with Crippen LogP contribution in [0.3, 0.4) is 0 Å². The lowest BCUT2D eigenvalue weighted by molar-refractivity contribution is 0.423. The van der Waals surface area contributed by atoms with E-state index >= 15 is 0 Å². The van der Waals surface area contributed by atoms with Gasteiger partial charge in [-0.3, -0.25) is 4.79 Å². The Morgan fingerprint density at radius 2 is 2.12 bits per heavy atom. The van der Waals surface area contributed by atoms with E-state index in [0.29, 0.717) is 0 Å². The number of hydrogen-bond donors (Lipinski definition) is 1. The molecule has 90 valence electrons. The molecule has 0 saturated carbocycles. The molecule has 17 heavy (non-hydrogen) atoms. The van der Waals surface area contributed by atoms with Crippen molar-refractivity contribution in [1.82, 2.24) is 9.88 Å². The van der Waals surface area contributed by atoms with Gasteiger partial charge in [0.15, 0.2) is 5.43 Å². The van der Waals surface area contributed by atoms with Crippen LogP contribution in [0.25, 0.3) is 0 Å². The zero-order chi connectivity index (χ0) is 12.1. The van der Waals surface area contributed by atoms with Crippen molar-refractivity contribution in [2.24, 2.45) is 0 Å². The molecule has 0 aliphatic carbocycles. The van der Waals surface area contributed by atoms with E-state index in [2.05, 4.69) is 12.2 Å². The summed E-state index contributed by atoms with van der Waals surface area (Å²) in [4.78, 5) is 10.9. The summed E-state index contributed by atoms with van der Waals surface area (Å²) in [7, 11) is 0. The van der Waals surface area contributed by atoms with Crippen molar-refractivity contribution in [1.29, 1.82) is 0 Å². The Balaban J connectivity index is 1.80. The minimum absolute atomic E-state index is 0.0400. The molecule has 2 heterocycles. The molecule has 2 aromatic rings. The molecule has 0 aromatic carbocycles. The second kappa shape index (κ2) is 5.50. The van der Waals surface area contributed by atoms with Gasteiger partial charge in [-0.05, 0) is 19.1 Å². The predicted octanol–water partition coefficient (Wildman–Crippen LogP) is 1.79. The number of nitrogens with one attached hydrogen (secondary N) is 1. The van der Waals surface area contributed by atoms with E-state index in [0.717, 1.165) is 18.8 Å². The van der Waals surface area contributed by atoms with Crippen molar-refractivity contribution in [2.45, 2.75) is 19.5 Å². The molecule has 0 saturated heterocycles. The van der Waals surface area contributed by atoms with Gasteiger partial charge < -0.3 is 14.3 Å². The van der Waals surface area contributed by atoms with Crippen LogP contribution in [0.15, 0.2) is 52.1 Å². The maximum atomic E-state index is 10.9. The number of furan rings is 1. The van der Waals surface area contributed by atoms with Crippen LogP contribution in [0.4, 0.5) is 0 Å². The van der Waals surface area contributed by atoms with Crippen LogP contribution in [0.2, 0.25) is 0 Å². The van der Waals surface area contributed by atoms with E-state index in [1.165, 1.54) is 0 Å². The van der Waals surface area contributed by atoms with Gasteiger partial charge in [0.25, 0.3) is 0 Å². The first-order chi connectivity index (χ1) is 8.25. The van der Waals surface area contributed by atoms with E-state index in [1.807, 2.05) is 16.7 Å². The fraction of sp³-hybridized carbons (Fsp3) is 0.308. The number of hydrogen-bond acceptors (Lipinski definition) is 3. The Labute approximate surface area is 99.9 Å². The molecule has 1 atom stereocenters. The van der Waals surface area contributed by atoms with Crippen LogP contribution in [0, 0.1) is 0 Å².